The average Bonchev–Trinajstić information content (AvgIpc) is 3.03. The largest absolute Gasteiger partial charge is 0.486 e. The summed E-state index contributed by atoms with van der Waals surface area (Å²) in [7, 11) is 0. The minimum absolute atomic E-state index is 0.107. The molecular weight excluding hydrogens is 332 g/mol. The van der Waals surface area contributed by atoms with Crippen LogP contribution in [0.3, 0.4) is 0 Å². The van der Waals surface area contributed by atoms with Gasteiger partial charge in [-0.1, -0.05) is 22.9 Å². The molecule has 1 unspecified atom stereocenters. The second kappa shape index (κ2) is 6.71. The summed E-state index contributed by atoms with van der Waals surface area (Å²) in [4.78, 5) is 12.5. The lowest BCUT2D eigenvalue weighted by Gasteiger charge is -2.21. The monoisotopic (exact) mass is 352 g/mol. The van der Waals surface area contributed by atoms with Crippen molar-refractivity contribution in [3.63, 3.8) is 0 Å². The van der Waals surface area contributed by atoms with Gasteiger partial charge in [-0.15, -0.1) is 0 Å². The van der Waals surface area contributed by atoms with E-state index in [0.717, 1.165) is 22.3 Å². The van der Waals surface area contributed by atoms with Crippen LogP contribution in [-0.4, -0.2) is 24.3 Å². The van der Waals surface area contributed by atoms with Crippen LogP contribution in [0.25, 0.3) is 11.0 Å². The summed E-state index contributed by atoms with van der Waals surface area (Å²) in [6.45, 7) is 5.04. The topological polar surface area (TPSA) is 73.6 Å². The molecule has 2 heterocycles. The highest BCUT2D eigenvalue weighted by Gasteiger charge is 2.17. The molecule has 2 aromatic carbocycles. The Balaban J connectivity index is 1.46. The number of aromatic nitrogens is 1. The van der Waals surface area contributed by atoms with Crippen molar-refractivity contribution in [2.24, 2.45) is 0 Å². The number of nitrogens with zero attached hydrogens (tertiary/aromatic N) is 1. The zero-order valence-corrected chi connectivity index (χ0v) is 14.7. The number of hydrogen-bond donors (Lipinski definition) is 1. The number of rotatable bonds is 4. The molecule has 0 saturated heterocycles. The van der Waals surface area contributed by atoms with Gasteiger partial charge in [0.2, 0.25) is 5.91 Å². The quantitative estimate of drug-likeness (QED) is 0.780. The molecule has 0 radical (unpaired) electrons. The number of fused-ring (bicyclic) bond motifs is 2. The number of nitrogens with one attached hydrogen (secondary N) is 1. The van der Waals surface area contributed by atoms with Crippen LogP contribution in [-0.2, 0) is 11.2 Å². The molecule has 6 heteroatoms. The predicted molar refractivity (Wildman–Crippen MR) is 96.4 cm³/mol. The van der Waals surface area contributed by atoms with Crippen LogP contribution in [0.2, 0.25) is 0 Å². The summed E-state index contributed by atoms with van der Waals surface area (Å²) < 4.78 is 16.4. The van der Waals surface area contributed by atoms with E-state index in [2.05, 4.69) is 10.5 Å². The Bertz CT molecular complexity index is 964. The lowest BCUT2D eigenvalue weighted by Crippen LogP contribution is -2.28. The van der Waals surface area contributed by atoms with Crippen LogP contribution < -0.4 is 14.8 Å². The molecule has 26 heavy (non-hydrogen) atoms. The molecule has 6 nitrogen and oxygen atoms in total. The standard InChI is InChI=1S/C20H20N2O4/c1-12-3-5-17-15(9-12)16(22-26-17)11-20(23)21-13(2)14-4-6-18-19(10-14)25-8-7-24-18/h3-6,9-10,13H,7-8,11H2,1-2H3,(H,21,23). The number of amides is 1. The van der Waals surface area contributed by atoms with Crippen molar-refractivity contribution in [1.82, 2.24) is 10.5 Å². The maximum absolute atomic E-state index is 12.5. The van der Waals surface area contributed by atoms with Crippen molar-refractivity contribution in [1.29, 1.82) is 0 Å². The molecule has 1 atom stereocenters. The third kappa shape index (κ3) is 3.22. The van der Waals surface area contributed by atoms with Crippen molar-refractivity contribution in [2.75, 3.05) is 13.2 Å². The molecule has 1 aliphatic heterocycles. The van der Waals surface area contributed by atoms with Gasteiger partial charge in [0.1, 0.15) is 18.9 Å². The summed E-state index contributed by atoms with van der Waals surface area (Å²) in [5.74, 6) is 1.35. The smallest absolute Gasteiger partial charge is 0.226 e. The first kappa shape index (κ1) is 16.4. The molecule has 0 saturated carbocycles. The van der Waals surface area contributed by atoms with E-state index in [1.165, 1.54) is 0 Å². The van der Waals surface area contributed by atoms with Gasteiger partial charge >= 0.3 is 0 Å². The first-order valence-electron chi connectivity index (χ1n) is 8.64. The fourth-order valence-corrected chi connectivity index (χ4v) is 3.09. The number of carbonyl (C=O) groups excluding carboxylic acids is 1. The van der Waals surface area contributed by atoms with E-state index in [1.54, 1.807) is 0 Å². The average molecular weight is 352 g/mol. The number of hydrogen-bond acceptors (Lipinski definition) is 5. The number of aryl methyl sites for hydroxylation is 1. The second-order valence-corrected chi connectivity index (χ2v) is 6.50. The maximum Gasteiger partial charge on any atom is 0.226 e. The van der Waals surface area contributed by atoms with Crippen LogP contribution >= 0.6 is 0 Å². The van der Waals surface area contributed by atoms with Crippen LogP contribution in [0.1, 0.15) is 29.8 Å². The van der Waals surface area contributed by atoms with Crippen LogP contribution in [0.5, 0.6) is 11.5 Å². The van der Waals surface area contributed by atoms with E-state index in [4.69, 9.17) is 14.0 Å². The van der Waals surface area contributed by atoms with Crippen LogP contribution in [0.4, 0.5) is 0 Å². The van der Waals surface area contributed by atoms with Gasteiger partial charge in [0.05, 0.1) is 12.5 Å². The zero-order valence-electron chi connectivity index (χ0n) is 14.7. The summed E-state index contributed by atoms with van der Waals surface area (Å²) >= 11 is 0. The molecule has 0 bridgehead atoms. The van der Waals surface area contributed by atoms with E-state index in [1.807, 2.05) is 50.2 Å². The molecule has 3 aromatic rings. The van der Waals surface area contributed by atoms with Crippen molar-refractivity contribution >= 4 is 16.9 Å². The highest BCUT2D eigenvalue weighted by molar-refractivity contribution is 5.86. The molecular formula is C20H20N2O4. The maximum atomic E-state index is 12.5. The molecule has 0 fully saturated rings. The Morgan fingerprint density at radius 2 is 1.96 bits per heavy atom. The molecule has 0 spiro atoms. The van der Waals surface area contributed by atoms with Gasteiger partial charge in [-0.3, -0.25) is 4.79 Å². The van der Waals surface area contributed by atoms with E-state index >= 15 is 0 Å². The highest BCUT2D eigenvalue weighted by Crippen LogP contribution is 2.32. The SMILES string of the molecule is Cc1ccc2onc(CC(=O)NC(C)c3ccc4c(c3)OCCO4)c2c1. The lowest BCUT2D eigenvalue weighted by molar-refractivity contribution is -0.121. The summed E-state index contributed by atoms with van der Waals surface area (Å²) in [5, 5.41) is 7.93. The normalized spacial score (nSPS) is 14.2. The summed E-state index contributed by atoms with van der Waals surface area (Å²) in [5.41, 5.74) is 3.41. The fraction of sp³-hybridized carbons (Fsp3) is 0.300. The summed E-state index contributed by atoms with van der Waals surface area (Å²) in [6.07, 6.45) is 0.172. The van der Waals surface area contributed by atoms with Crippen molar-refractivity contribution in [3.8, 4) is 11.5 Å². The van der Waals surface area contributed by atoms with Gasteiger partial charge in [-0.25, -0.2) is 0 Å². The van der Waals surface area contributed by atoms with Crippen molar-refractivity contribution in [3.05, 3.63) is 53.2 Å². The Morgan fingerprint density at radius 3 is 2.81 bits per heavy atom. The molecule has 1 aliphatic rings. The Hall–Kier alpha value is -3.02. The first-order valence-corrected chi connectivity index (χ1v) is 8.64. The van der Waals surface area contributed by atoms with E-state index in [0.29, 0.717) is 30.2 Å². The summed E-state index contributed by atoms with van der Waals surface area (Å²) in [6, 6.07) is 11.4. The number of carbonyl (C=O) groups is 1. The van der Waals surface area contributed by atoms with Gasteiger partial charge in [0, 0.05) is 5.39 Å². The van der Waals surface area contributed by atoms with Crippen LogP contribution in [0, 0.1) is 6.92 Å². The first-order chi connectivity index (χ1) is 12.6. The highest BCUT2D eigenvalue weighted by atomic mass is 16.6. The second-order valence-electron chi connectivity index (χ2n) is 6.50. The third-order valence-electron chi connectivity index (χ3n) is 4.47. The van der Waals surface area contributed by atoms with Gasteiger partial charge in [-0.2, -0.15) is 0 Å². The zero-order chi connectivity index (χ0) is 18.1. The van der Waals surface area contributed by atoms with Gasteiger partial charge < -0.3 is 19.3 Å². The van der Waals surface area contributed by atoms with Gasteiger partial charge in [0.15, 0.2) is 17.1 Å². The number of benzene rings is 2. The molecule has 134 valence electrons. The Labute approximate surface area is 151 Å². The minimum Gasteiger partial charge on any atom is -0.486 e. The third-order valence-corrected chi connectivity index (χ3v) is 4.47. The Morgan fingerprint density at radius 1 is 1.15 bits per heavy atom. The molecule has 1 N–H and O–H groups in total. The van der Waals surface area contributed by atoms with E-state index < -0.39 is 0 Å². The predicted octanol–water partition coefficient (Wildman–Crippen LogP) is 3.33. The molecule has 0 aliphatic carbocycles. The molecule has 1 amide bonds. The molecule has 4 rings (SSSR count). The van der Waals surface area contributed by atoms with Crippen molar-refractivity contribution < 1.29 is 18.8 Å². The minimum atomic E-state index is -0.154. The Kier molecular flexibility index (Phi) is 4.24. The van der Waals surface area contributed by atoms with Gasteiger partial charge in [-0.05, 0) is 43.7 Å². The van der Waals surface area contributed by atoms with Crippen molar-refractivity contribution in [2.45, 2.75) is 26.3 Å². The number of ether oxygens (including phenoxy) is 2. The van der Waals surface area contributed by atoms with E-state index in [9.17, 15) is 4.79 Å². The van der Waals surface area contributed by atoms with Crippen LogP contribution in [0.15, 0.2) is 40.9 Å². The molecule has 1 aromatic heterocycles. The van der Waals surface area contributed by atoms with Gasteiger partial charge in [0.25, 0.3) is 0 Å². The fourth-order valence-electron chi connectivity index (χ4n) is 3.09. The lowest BCUT2D eigenvalue weighted by atomic mass is 10.1. The van der Waals surface area contributed by atoms with E-state index in [-0.39, 0.29) is 18.4 Å².